The van der Waals surface area contributed by atoms with Gasteiger partial charge in [0.05, 0.1) is 5.92 Å². The molecule has 1 N–H and O–H groups in total. The van der Waals surface area contributed by atoms with Crippen LogP contribution in [0.1, 0.15) is 37.3 Å². The van der Waals surface area contributed by atoms with Crippen molar-refractivity contribution < 1.29 is 9.90 Å². The lowest BCUT2D eigenvalue weighted by Gasteiger charge is -2.64. The van der Waals surface area contributed by atoms with E-state index in [0.29, 0.717) is 12.0 Å². The molecule has 0 spiro atoms. The van der Waals surface area contributed by atoms with Crippen molar-refractivity contribution >= 4 is 23.0 Å². The summed E-state index contributed by atoms with van der Waals surface area (Å²) in [6.07, 6.45) is 4.08. The Bertz CT molecular complexity index is 605. The zero-order valence-electron chi connectivity index (χ0n) is 13.2. The maximum atomic E-state index is 11.6. The Balaban J connectivity index is 0.00000144. The molecule has 4 heteroatoms. The summed E-state index contributed by atoms with van der Waals surface area (Å²) in [6.45, 7) is 2.29. The van der Waals surface area contributed by atoms with Gasteiger partial charge in [0.15, 0.2) is 0 Å². The summed E-state index contributed by atoms with van der Waals surface area (Å²) in [5.41, 5.74) is 3.21. The smallest absolute Gasteiger partial charge is 0.308 e. The SMILES string of the molecule is Br.CC[C@@]12CC3[C@@H](C(=O)O)CC1C(Cc1ccccc12)N3C. The Kier molecular flexibility index (Phi) is 3.89. The Morgan fingerprint density at radius 1 is 1.36 bits per heavy atom. The van der Waals surface area contributed by atoms with E-state index in [0.717, 1.165) is 25.7 Å². The molecule has 3 fully saturated rings. The Hall–Kier alpha value is -0.870. The minimum absolute atomic E-state index is 0. The fraction of sp³-hybridized carbons (Fsp3) is 0.611. The number of benzene rings is 1. The van der Waals surface area contributed by atoms with E-state index in [4.69, 9.17) is 0 Å². The highest BCUT2D eigenvalue weighted by Gasteiger charge is 2.61. The second kappa shape index (κ2) is 5.34. The molecular weight excluding hydrogens is 342 g/mol. The van der Waals surface area contributed by atoms with Crippen LogP contribution in [0.25, 0.3) is 0 Å². The van der Waals surface area contributed by atoms with Crippen molar-refractivity contribution in [3.63, 3.8) is 0 Å². The highest BCUT2D eigenvalue weighted by Crippen LogP contribution is 2.59. The van der Waals surface area contributed by atoms with Crippen LogP contribution in [0.5, 0.6) is 0 Å². The third-order valence-corrected chi connectivity index (χ3v) is 6.70. The molecule has 2 aliphatic carbocycles. The van der Waals surface area contributed by atoms with E-state index in [1.165, 1.54) is 11.1 Å². The molecule has 3 unspecified atom stereocenters. The van der Waals surface area contributed by atoms with Gasteiger partial charge in [-0.1, -0.05) is 31.2 Å². The number of fused-ring (bicyclic) bond motifs is 2. The van der Waals surface area contributed by atoms with E-state index in [9.17, 15) is 9.90 Å². The third kappa shape index (κ3) is 1.86. The van der Waals surface area contributed by atoms with Crippen LogP contribution in [-0.4, -0.2) is 35.1 Å². The quantitative estimate of drug-likeness (QED) is 0.874. The molecule has 2 saturated heterocycles. The number of nitrogens with zero attached hydrogens (tertiary/aromatic N) is 1. The van der Waals surface area contributed by atoms with Crippen LogP contribution in [0.3, 0.4) is 0 Å². The second-order valence-corrected chi connectivity index (χ2v) is 7.16. The van der Waals surface area contributed by atoms with Crippen molar-refractivity contribution in [1.29, 1.82) is 0 Å². The molecule has 5 rings (SSSR count). The summed E-state index contributed by atoms with van der Waals surface area (Å²) in [4.78, 5) is 14.0. The number of halogens is 1. The molecule has 1 aromatic rings. The van der Waals surface area contributed by atoms with Crippen molar-refractivity contribution in [3.8, 4) is 0 Å². The highest BCUT2D eigenvalue weighted by molar-refractivity contribution is 8.93. The Labute approximate surface area is 142 Å². The number of carbonyl (C=O) groups is 1. The molecule has 2 heterocycles. The first kappa shape index (κ1) is 16.0. The molecular formula is C18H24BrNO2. The Morgan fingerprint density at radius 3 is 2.77 bits per heavy atom. The van der Waals surface area contributed by atoms with Gasteiger partial charge in [-0.05, 0) is 49.8 Å². The van der Waals surface area contributed by atoms with Gasteiger partial charge in [0, 0.05) is 17.5 Å². The molecule has 0 aromatic heterocycles. The fourth-order valence-electron chi connectivity index (χ4n) is 5.67. The summed E-state index contributed by atoms with van der Waals surface area (Å²) < 4.78 is 0. The lowest BCUT2D eigenvalue weighted by Crippen LogP contribution is -2.69. The standard InChI is InChI=1S/C18H23NO2.BrH/c1-3-18-10-16-12(17(20)21)9-14(18)15(19(16)2)8-11-6-4-5-7-13(11)18;/h4-7,12,14-16H,3,8-10H2,1-2H3,(H,20,21);1H/t12-,14?,15?,16?,18-;/m0./s1. The van der Waals surface area contributed by atoms with Crippen molar-refractivity contribution in [2.75, 3.05) is 7.05 Å². The lowest BCUT2D eigenvalue weighted by atomic mass is 9.48. The minimum Gasteiger partial charge on any atom is -0.481 e. The first-order valence-corrected chi connectivity index (χ1v) is 8.11. The van der Waals surface area contributed by atoms with Gasteiger partial charge in [0.1, 0.15) is 0 Å². The molecule has 22 heavy (non-hydrogen) atoms. The minimum atomic E-state index is -0.603. The molecule has 4 bridgehead atoms. The van der Waals surface area contributed by atoms with Crippen LogP contribution in [0.2, 0.25) is 0 Å². The van der Waals surface area contributed by atoms with E-state index < -0.39 is 5.97 Å². The van der Waals surface area contributed by atoms with Gasteiger partial charge in [0.2, 0.25) is 0 Å². The predicted molar refractivity (Wildman–Crippen MR) is 91.6 cm³/mol. The predicted octanol–water partition coefficient (Wildman–Crippen LogP) is 3.26. The van der Waals surface area contributed by atoms with Gasteiger partial charge >= 0.3 is 5.97 Å². The molecule has 2 aliphatic heterocycles. The van der Waals surface area contributed by atoms with Crippen molar-refractivity contribution in [2.24, 2.45) is 11.8 Å². The van der Waals surface area contributed by atoms with E-state index in [1.54, 1.807) is 0 Å². The number of hydrogen-bond donors (Lipinski definition) is 1. The number of carboxylic acid groups (broad SMARTS) is 1. The van der Waals surface area contributed by atoms with E-state index >= 15 is 0 Å². The topological polar surface area (TPSA) is 40.5 Å². The van der Waals surface area contributed by atoms with Crippen LogP contribution >= 0.6 is 17.0 Å². The molecule has 0 amide bonds. The molecule has 1 aromatic carbocycles. The van der Waals surface area contributed by atoms with Gasteiger partial charge < -0.3 is 5.11 Å². The van der Waals surface area contributed by atoms with Crippen LogP contribution in [0.15, 0.2) is 24.3 Å². The first-order chi connectivity index (χ1) is 10.1. The van der Waals surface area contributed by atoms with Crippen LogP contribution < -0.4 is 0 Å². The normalized spacial score (nSPS) is 39.0. The molecule has 3 nitrogen and oxygen atoms in total. The van der Waals surface area contributed by atoms with E-state index in [1.807, 2.05) is 0 Å². The van der Waals surface area contributed by atoms with Gasteiger partial charge in [-0.2, -0.15) is 0 Å². The van der Waals surface area contributed by atoms with Crippen LogP contribution in [0, 0.1) is 11.8 Å². The summed E-state index contributed by atoms with van der Waals surface area (Å²) in [5, 5.41) is 9.57. The van der Waals surface area contributed by atoms with Gasteiger partial charge in [-0.15, -0.1) is 17.0 Å². The second-order valence-electron chi connectivity index (χ2n) is 7.16. The van der Waals surface area contributed by atoms with E-state index in [2.05, 4.69) is 43.1 Å². The highest BCUT2D eigenvalue weighted by atomic mass is 79.9. The summed E-state index contributed by atoms with van der Waals surface area (Å²) >= 11 is 0. The molecule has 5 atom stereocenters. The molecule has 0 radical (unpaired) electrons. The maximum Gasteiger partial charge on any atom is 0.308 e. The van der Waals surface area contributed by atoms with Gasteiger partial charge in [-0.25, -0.2) is 0 Å². The monoisotopic (exact) mass is 365 g/mol. The van der Waals surface area contributed by atoms with Crippen LogP contribution in [0.4, 0.5) is 0 Å². The Morgan fingerprint density at radius 2 is 2.09 bits per heavy atom. The number of piperidine rings is 2. The molecule has 120 valence electrons. The average molecular weight is 366 g/mol. The summed E-state index contributed by atoms with van der Waals surface area (Å²) in [6, 6.07) is 9.58. The van der Waals surface area contributed by atoms with Gasteiger partial charge in [-0.3, -0.25) is 9.69 Å². The first-order valence-electron chi connectivity index (χ1n) is 8.11. The van der Waals surface area contributed by atoms with Crippen molar-refractivity contribution in [3.05, 3.63) is 35.4 Å². The molecule has 4 aliphatic rings. The maximum absolute atomic E-state index is 11.6. The zero-order chi connectivity index (χ0) is 14.8. The largest absolute Gasteiger partial charge is 0.481 e. The summed E-state index contributed by atoms with van der Waals surface area (Å²) in [5.74, 6) is -0.288. The molecule has 1 saturated carbocycles. The number of aliphatic carboxylic acids is 1. The van der Waals surface area contributed by atoms with Crippen LogP contribution in [-0.2, 0) is 16.6 Å². The number of likely N-dealkylation sites (N-methyl/N-ethyl adjacent to an activating group) is 1. The fourth-order valence-corrected chi connectivity index (χ4v) is 5.67. The number of rotatable bonds is 2. The van der Waals surface area contributed by atoms with Crippen molar-refractivity contribution in [1.82, 2.24) is 4.90 Å². The lowest BCUT2D eigenvalue weighted by molar-refractivity contribution is -0.159. The summed E-state index contributed by atoms with van der Waals surface area (Å²) in [7, 11) is 2.14. The number of carboxylic acids is 1. The average Bonchev–Trinajstić information content (AvgIpc) is 2.50. The zero-order valence-corrected chi connectivity index (χ0v) is 14.9. The van der Waals surface area contributed by atoms with Crippen molar-refractivity contribution in [2.45, 2.75) is 50.1 Å². The van der Waals surface area contributed by atoms with Gasteiger partial charge in [0.25, 0.3) is 0 Å². The third-order valence-electron chi connectivity index (χ3n) is 6.70. The number of hydrogen-bond acceptors (Lipinski definition) is 2. The van der Waals surface area contributed by atoms with E-state index in [-0.39, 0.29) is 34.4 Å².